The predicted molar refractivity (Wildman–Crippen MR) is 78.7 cm³/mol. The van der Waals surface area contributed by atoms with Gasteiger partial charge in [-0.15, -0.1) is 0 Å². The third-order valence-electron chi connectivity index (χ3n) is 2.73. The van der Waals surface area contributed by atoms with Crippen molar-refractivity contribution in [2.75, 3.05) is 25.3 Å². The Balaban J connectivity index is 2.39. The molecular weight excluding hydrogens is 264 g/mol. The Morgan fingerprint density at radius 1 is 1.05 bits per heavy atom. The average molecular weight is 279 g/mol. The summed E-state index contributed by atoms with van der Waals surface area (Å²) in [6.07, 6.45) is 0. The zero-order chi connectivity index (χ0) is 13.8. The molecule has 2 aromatic rings. The maximum absolute atomic E-state index is 5.99. The first-order valence-corrected chi connectivity index (χ1v) is 6.06. The van der Waals surface area contributed by atoms with Crippen LogP contribution in [0.4, 0.5) is 17.1 Å². The second-order valence-electron chi connectivity index (χ2n) is 3.89. The average Bonchev–Trinajstić information content (AvgIpc) is 2.43. The quantitative estimate of drug-likeness (QED) is 0.838. The summed E-state index contributed by atoms with van der Waals surface area (Å²) in [4.78, 5) is 0. The van der Waals surface area contributed by atoms with Crippen molar-refractivity contribution in [2.24, 2.45) is 0 Å². The summed E-state index contributed by atoms with van der Waals surface area (Å²) in [6, 6.07) is 10.9. The van der Waals surface area contributed by atoms with Crippen LogP contribution in [0.25, 0.3) is 0 Å². The van der Waals surface area contributed by atoms with Crippen LogP contribution in [0.5, 0.6) is 11.5 Å². The predicted octanol–water partition coefficient (Wildman–Crippen LogP) is 3.68. The molecule has 0 heterocycles. The molecule has 0 aliphatic carbocycles. The molecule has 0 saturated carbocycles. The molecule has 19 heavy (non-hydrogen) atoms. The summed E-state index contributed by atoms with van der Waals surface area (Å²) < 4.78 is 10.5. The Hall–Kier alpha value is -2.07. The number of nitrogens with one attached hydrogen (secondary N) is 1. The van der Waals surface area contributed by atoms with Gasteiger partial charge in [-0.05, 0) is 24.3 Å². The summed E-state index contributed by atoms with van der Waals surface area (Å²) in [7, 11) is 3.22. The number of hydrogen-bond acceptors (Lipinski definition) is 4. The van der Waals surface area contributed by atoms with E-state index in [4.69, 9.17) is 26.8 Å². The van der Waals surface area contributed by atoms with Crippen molar-refractivity contribution < 1.29 is 9.47 Å². The first-order chi connectivity index (χ1) is 9.15. The number of hydrogen-bond donors (Lipinski definition) is 2. The highest BCUT2D eigenvalue weighted by Crippen LogP contribution is 2.35. The molecule has 0 bridgehead atoms. The van der Waals surface area contributed by atoms with Gasteiger partial charge in [0.2, 0.25) is 0 Å². The Bertz CT molecular complexity index is 588. The van der Waals surface area contributed by atoms with E-state index in [1.165, 1.54) is 0 Å². The van der Waals surface area contributed by atoms with Crippen LogP contribution in [0.15, 0.2) is 36.4 Å². The topological polar surface area (TPSA) is 56.5 Å². The van der Waals surface area contributed by atoms with Crippen LogP contribution in [-0.4, -0.2) is 14.2 Å². The van der Waals surface area contributed by atoms with Crippen LogP contribution >= 0.6 is 11.6 Å². The molecule has 0 radical (unpaired) electrons. The zero-order valence-corrected chi connectivity index (χ0v) is 11.5. The molecule has 0 saturated heterocycles. The molecule has 2 aromatic carbocycles. The van der Waals surface area contributed by atoms with Crippen molar-refractivity contribution >= 4 is 28.7 Å². The highest BCUT2D eigenvalue weighted by Gasteiger charge is 2.08. The summed E-state index contributed by atoms with van der Waals surface area (Å²) in [5.74, 6) is 1.42. The summed E-state index contributed by atoms with van der Waals surface area (Å²) in [6.45, 7) is 0. The zero-order valence-electron chi connectivity index (χ0n) is 10.7. The Morgan fingerprint density at radius 2 is 1.84 bits per heavy atom. The van der Waals surface area contributed by atoms with E-state index in [1.807, 2.05) is 30.3 Å². The fourth-order valence-electron chi connectivity index (χ4n) is 1.70. The Morgan fingerprint density at radius 3 is 2.53 bits per heavy atom. The van der Waals surface area contributed by atoms with E-state index < -0.39 is 0 Å². The lowest BCUT2D eigenvalue weighted by atomic mass is 10.2. The van der Waals surface area contributed by atoms with Crippen LogP contribution in [-0.2, 0) is 0 Å². The number of nitrogens with two attached hydrogens (primary N) is 1. The van der Waals surface area contributed by atoms with E-state index in [0.717, 1.165) is 17.1 Å². The second kappa shape index (κ2) is 5.71. The van der Waals surface area contributed by atoms with Gasteiger partial charge in [0, 0.05) is 6.07 Å². The molecule has 4 nitrogen and oxygen atoms in total. The monoisotopic (exact) mass is 278 g/mol. The normalized spacial score (nSPS) is 10.1. The standard InChI is InChI=1S/C14H15ClN2O2/c1-18-9-6-7-13(19-2)12(8-9)17-11-5-3-4-10(15)14(11)16/h3-8,17H,16H2,1-2H3. The van der Waals surface area contributed by atoms with Crippen molar-refractivity contribution in [1.82, 2.24) is 0 Å². The molecule has 3 N–H and O–H groups in total. The molecule has 0 aromatic heterocycles. The Kier molecular flexibility index (Phi) is 4.02. The molecule has 0 fully saturated rings. The fourth-order valence-corrected chi connectivity index (χ4v) is 1.88. The minimum absolute atomic E-state index is 0.494. The number of para-hydroxylation sites is 1. The van der Waals surface area contributed by atoms with Crippen molar-refractivity contribution in [3.63, 3.8) is 0 Å². The Labute approximate surface area is 117 Å². The van der Waals surface area contributed by atoms with Gasteiger partial charge in [-0.3, -0.25) is 0 Å². The maximum atomic E-state index is 5.99. The molecule has 0 spiro atoms. The highest BCUT2D eigenvalue weighted by atomic mass is 35.5. The van der Waals surface area contributed by atoms with Gasteiger partial charge in [0.15, 0.2) is 0 Å². The fraction of sp³-hybridized carbons (Fsp3) is 0.143. The van der Waals surface area contributed by atoms with Crippen LogP contribution < -0.4 is 20.5 Å². The summed E-state index contributed by atoms with van der Waals surface area (Å²) >= 11 is 5.99. The molecule has 5 heteroatoms. The highest BCUT2D eigenvalue weighted by molar-refractivity contribution is 6.33. The third kappa shape index (κ3) is 2.85. The molecule has 2 rings (SSSR count). The first kappa shape index (κ1) is 13.4. The third-order valence-corrected chi connectivity index (χ3v) is 3.06. The smallest absolute Gasteiger partial charge is 0.142 e. The lowest BCUT2D eigenvalue weighted by molar-refractivity contribution is 0.405. The van der Waals surface area contributed by atoms with Gasteiger partial charge in [-0.2, -0.15) is 0 Å². The summed E-state index contributed by atoms with van der Waals surface area (Å²) in [5.41, 5.74) is 7.90. The lowest BCUT2D eigenvalue weighted by Gasteiger charge is -2.14. The van der Waals surface area contributed by atoms with Gasteiger partial charge in [0.05, 0.1) is 36.3 Å². The first-order valence-electron chi connectivity index (χ1n) is 5.68. The molecule has 0 aliphatic heterocycles. The van der Waals surface area contributed by atoms with Gasteiger partial charge < -0.3 is 20.5 Å². The van der Waals surface area contributed by atoms with E-state index in [-0.39, 0.29) is 0 Å². The molecule has 0 aliphatic rings. The van der Waals surface area contributed by atoms with Crippen molar-refractivity contribution in [3.05, 3.63) is 41.4 Å². The molecule has 100 valence electrons. The van der Waals surface area contributed by atoms with Gasteiger partial charge in [0.1, 0.15) is 11.5 Å². The number of rotatable bonds is 4. The molecule has 0 amide bonds. The van der Waals surface area contributed by atoms with Gasteiger partial charge >= 0.3 is 0 Å². The lowest BCUT2D eigenvalue weighted by Crippen LogP contribution is -1.99. The van der Waals surface area contributed by atoms with Crippen LogP contribution in [0.1, 0.15) is 0 Å². The van der Waals surface area contributed by atoms with E-state index in [9.17, 15) is 0 Å². The minimum atomic E-state index is 0.494. The second-order valence-corrected chi connectivity index (χ2v) is 4.30. The maximum Gasteiger partial charge on any atom is 0.142 e. The minimum Gasteiger partial charge on any atom is -0.497 e. The SMILES string of the molecule is COc1ccc(OC)c(Nc2cccc(Cl)c2N)c1. The van der Waals surface area contributed by atoms with Gasteiger partial charge in [-0.1, -0.05) is 17.7 Å². The number of anilines is 3. The van der Waals surface area contributed by atoms with E-state index in [1.54, 1.807) is 20.3 Å². The summed E-state index contributed by atoms with van der Waals surface area (Å²) in [5, 5.41) is 3.70. The number of halogens is 1. The van der Waals surface area contributed by atoms with E-state index in [0.29, 0.717) is 16.5 Å². The van der Waals surface area contributed by atoms with Crippen LogP contribution in [0.3, 0.4) is 0 Å². The van der Waals surface area contributed by atoms with Gasteiger partial charge in [0.25, 0.3) is 0 Å². The largest absolute Gasteiger partial charge is 0.497 e. The number of benzene rings is 2. The number of ether oxygens (including phenoxy) is 2. The molecule has 0 unspecified atom stereocenters. The van der Waals surface area contributed by atoms with Crippen LogP contribution in [0, 0.1) is 0 Å². The van der Waals surface area contributed by atoms with E-state index >= 15 is 0 Å². The van der Waals surface area contributed by atoms with Crippen molar-refractivity contribution in [1.29, 1.82) is 0 Å². The van der Waals surface area contributed by atoms with Crippen molar-refractivity contribution in [2.45, 2.75) is 0 Å². The number of methoxy groups -OCH3 is 2. The van der Waals surface area contributed by atoms with Gasteiger partial charge in [-0.25, -0.2) is 0 Å². The molecule has 0 atom stereocenters. The van der Waals surface area contributed by atoms with Crippen molar-refractivity contribution in [3.8, 4) is 11.5 Å². The van der Waals surface area contributed by atoms with E-state index in [2.05, 4.69) is 5.32 Å². The molecular formula is C14H15ClN2O2. The van der Waals surface area contributed by atoms with Crippen LogP contribution in [0.2, 0.25) is 5.02 Å². The number of nitrogen functional groups attached to an aromatic ring is 1.